The zero-order valence-corrected chi connectivity index (χ0v) is 11.6. The molecular weight excluding hydrogens is 318 g/mol. The topological polar surface area (TPSA) is 46.9 Å². The first-order valence-electron chi connectivity index (χ1n) is 6.96. The molecule has 3 heterocycles. The highest BCUT2D eigenvalue weighted by Gasteiger charge is 2.47. The number of piperidine rings is 2. The molecule has 4 atom stereocenters. The molecular formula is C12H18F6N2O2. The highest BCUT2D eigenvalue weighted by molar-refractivity contribution is 4.96. The monoisotopic (exact) mass is 336 g/mol. The summed E-state index contributed by atoms with van der Waals surface area (Å²) >= 11 is 0. The molecule has 0 aromatic rings. The highest BCUT2D eigenvalue weighted by atomic mass is 19.4. The van der Waals surface area contributed by atoms with Crippen LogP contribution in [0, 0.1) is 0 Å². The first kappa shape index (κ1) is 17.8. The van der Waals surface area contributed by atoms with Crippen LogP contribution in [0.1, 0.15) is 12.8 Å². The van der Waals surface area contributed by atoms with Gasteiger partial charge in [-0.05, 0) is 12.8 Å². The van der Waals surface area contributed by atoms with Gasteiger partial charge in [0.2, 0.25) is 0 Å². The third kappa shape index (κ3) is 4.03. The molecule has 3 rings (SSSR count). The zero-order valence-electron chi connectivity index (χ0n) is 11.6. The summed E-state index contributed by atoms with van der Waals surface area (Å²) in [4.78, 5) is 2.95. The summed E-state index contributed by atoms with van der Waals surface area (Å²) in [7, 11) is 0. The summed E-state index contributed by atoms with van der Waals surface area (Å²) in [6.07, 6.45) is -13.2. The van der Waals surface area contributed by atoms with E-state index in [1.54, 1.807) is 0 Å². The number of aliphatic hydroxyl groups excluding tert-OH is 2. The van der Waals surface area contributed by atoms with Crippen molar-refractivity contribution in [1.82, 2.24) is 9.80 Å². The zero-order chi connectivity index (χ0) is 16.7. The number of piperazine rings is 1. The first-order valence-corrected chi connectivity index (χ1v) is 6.96. The lowest BCUT2D eigenvalue weighted by molar-refractivity contribution is -0.220. The van der Waals surface area contributed by atoms with Crippen LogP contribution in [-0.4, -0.2) is 82.8 Å². The Kier molecular flexibility index (Phi) is 4.96. The number of aliphatic hydroxyl groups is 2. The van der Waals surface area contributed by atoms with E-state index >= 15 is 0 Å². The van der Waals surface area contributed by atoms with Crippen molar-refractivity contribution >= 4 is 0 Å². The van der Waals surface area contributed by atoms with E-state index in [0.717, 1.165) is 0 Å². The molecule has 22 heavy (non-hydrogen) atoms. The number of halogens is 6. The smallest absolute Gasteiger partial charge is 0.382 e. The van der Waals surface area contributed by atoms with Gasteiger partial charge in [0.25, 0.3) is 0 Å². The predicted molar refractivity (Wildman–Crippen MR) is 64.1 cm³/mol. The third-order valence-electron chi connectivity index (χ3n) is 4.33. The Balaban J connectivity index is 1.92. The van der Waals surface area contributed by atoms with Crippen LogP contribution in [0.2, 0.25) is 0 Å². The van der Waals surface area contributed by atoms with Gasteiger partial charge in [0.15, 0.2) is 12.2 Å². The van der Waals surface area contributed by atoms with Gasteiger partial charge in [0, 0.05) is 38.3 Å². The minimum absolute atomic E-state index is 0.169. The first-order chi connectivity index (χ1) is 9.98. The SMILES string of the molecule is OC(CN1CC2CCC1CN2CC(O)C(F)(F)F)C(F)(F)F. The van der Waals surface area contributed by atoms with Crippen LogP contribution in [0.3, 0.4) is 0 Å². The van der Waals surface area contributed by atoms with Crippen LogP contribution < -0.4 is 0 Å². The summed E-state index contributed by atoms with van der Waals surface area (Å²) < 4.78 is 74.3. The molecule has 0 radical (unpaired) electrons. The molecule has 0 amide bonds. The lowest BCUT2D eigenvalue weighted by Gasteiger charge is -2.52. The Morgan fingerprint density at radius 2 is 1.09 bits per heavy atom. The van der Waals surface area contributed by atoms with E-state index in [4.69, 9.17) is 10.2 Å². The Morgan fingerprint density at radius 3 is 1.32 bits per heavy atom. The molecule has 0 saturated carbocycles. The van der Waals surface area contributed by atoms with Crippen molar-refractivity contribution in [3.63, 3.8) is 0 Å². The van der Waals surface area contributed by atoms with Crippen LogP contribution in [-0.2, 0) is 0 Å². The lowest BCUT2D eigenvalue weighted by Crippen LogP contribution is -2.65. The predicted octanol–water partition coefficient (Wildman–Crippen LogP) is 0.981. The summed E-state index contributed by atoms with van der Waals surface area (Å²) in [5.41, 5.74) is 0. The van der Waals surface area contributed by atoms with Gasteiger partial charge >= 0.3 is 12.4 Å². The molecule has 0 aromatic heterocycles. The number of rotatable bonds is 4. The Morgan fingerprint density at radius 1 is 0.773 bits per heavy atom. The van der Waals surface area contributed by atoms with Crippen molar-refractivity contribution in [3.8, 4) is 0 Å². The number of nitrogens with zero attached hydrogens (tertiary/aromatic N) is 2. The normalized spacial score (nSPS) is 30.5. The Hall–Kier alpha value is -0.580. The fourth-order valence-electron chi connectivity index (χ4n) is 3.10. The van der Waals surface area contributed by atoms with Gasteiger partial charge in [-0.25, -0.2) is 0 Å². The molecule has 2 bridgehead atoms. The van der Waals surface area contributed by atoms with E-state index in [0.29, 0.717) is 12.8 Å². The van der Waals surface area contributed by atoms with Gasteiger partial charge in [0.05, 0.1) is 0 Å². The average molecular weight is 336 g/mol. The molecule has 130 valence electrons. The maximum atomic E-state index is 12.4. The second kappa shape index (κ2) is 6.14. The number of alkyl halides is 6. The van der Waals surface area contributed by atoms with Gasteiger partial charge in [0.1, 0.15) is 0 Å². The molecule has 0 spiro atoms. The molecule has 0 aliphatic carbocycles. The van der Waals surface area contributed by atoms with Crippen molar-refractivity contribution in [2.45, 2.75) is 49.5 Å². The summed E-state index contributed by atoms with van der Waals surface area (Å²) in [6, 6.07) is -0.662. The number of hydrogen-bond acceptors (Lipinski definition) is 4. The molecule has 3 aliphatic heterocycles. The third-order valence-corrected chi connectivity index (χ3v) is 4.33. The van der Waals surface area contributed by atoms with Crippen LogP contribution in [0.5, 0.6) is 0 Å². The van der Waals surface area contributed by atoms with Gasteiger partial charge in [-0.1, -0.05) is 0 Å². The van der Waals surface area contributed by atoms with Gasteiger partial charge in [-0.3, -0.25) is 9.80 Å². The highest BCUT2D eigenvalue weighted by Crippen LogP contribution is 2.32. The van der Waals surface area contributed by atoms with Gasteiger partial charge < -0.3 is 10.2 Å². The minimum Gasteiger partial charge on any atom is -0.382 e. The van der Waals surface area contributed by atoms with E-state index in [1.165, 1.54) is 9.80 Å². The molecule has 3 fully saturated rings. The van der Waals surface area contributed by atoms with E-state index < -0.39 is 37.7 Å². The molecule has 10 heteroatoms. The molecule has 4 unspecified atom stereocenters. The maximum Gasteiger partial charge on any atom is 0.415 e. The van der Waals surface area contributed by atoms with Gasteiger partial charge in [-0.2, -0.15) is 26.3 Å². The van der Waals surface area contributed by atoms with Crippen molar-refractivity contribution in [1.29, 1.82) is 0 Å². The fraction of sp³-hybridized carbons (Fsp3) is 1.00. The number of fused-ring (bicyclic) bond motifs is 3. The Bertz CT molecular complexity index is 353. The Labute approximate surface area is 123 Å². The van der Waals surface area contributed by atoms with Crippen molar-refractivity contribution in [2.75, 3.05) is 26.2 Å². The van der Waals surface area contributed by atoms with Crippen LogP contribution in [0.25, 0.3) is 0 Å². The van der Waals surface area contributed by atoms with Crippen LogP contribution >= 0.6 is 0 Å². The largest absolute Gasteiger partial charge is 0.415 e. The quantitative estimate of drug-likeness (QED) is 0.752. The standard InChI is InChI=1S/C12H18F6N2O2/c13-11(14,15)9(21)5-19-4-8-2-1-7(19)3-20(8)6-10(22)12(16,17)18/h7-10,21-22H,1-6H2. The molecule has 0 aromatic carbocycles. The number of hydrogen-bond donors (Lipinski definition) is 2. The summed E-state index contributed by atoms with van der Waals surface area (Å²) in [5.74, 6) is 0. The van der Waals surface area contributed by atoms with Crippen molar-refractivity contribution in [2.24, 2.45) is 0 Å². The second-order valence-corrected chi connectivity index (χ2v) is 5.91. The maximum absolute atomic E-state index is 12.4. The second-order valence-electron chi connectivity index (χ2n) is 5.91. The lowest BCUT2D eigenvalue weighted by atomic mass is 9.90. The van der Waals surface area contributed by atoms with Crippen LogP contribution in [0.15, 0.2) is 0 Å². The molecule has 4 nitrogen and oxygen atoms in total. The van der Waals surface area contributed by atoms with Crippen molar-refractivity contribution < 1.29 is 36.6 Å². The molecule has 3 aliphatic rings. The van der Waals surface area contributed by atoms with Gasteiger partial charge in [-0.15, -0.1) is 0 Å². The average Bonchev–Trinajstić information content (AvgIpc) is 2.37. The summed E-state index contributed by atoms with van der Waals surface area (Å²) in [6.45, 7) is -0.800. The fourth-order valence-corrected chi connectivity index (χ4v) is 3.10. The summed E-state index contributed by atoms with van der Waals surface area (Å²) in [5, 5.41) is 18.2. The van der Waals surface area contributed by atoms with E-state index in [1.807, 2.05) is 0 Å². The van der Waals surface area contributed by atoms with E-state index in [-0.39, 0.29) is 25.2 Å². The van der Waals surface area contributed by atoms with Crippen molar-refractivity contribution in [3.05, 3.63) is 0 Å². The molecule has 3 saturated heterocycles. The van der Waals surface area contributed by atoms with E-state index in [2.05, 4.69) is 0 Å². The minimum atomic E-state index is -4.71. The molecule has 2 N–H and O–H groups in total. The van der Waals surface area contributed by atoms with Crippen LogP contribution in [0.4, 0.5) is 26.3 Å². The van der Waals surface area contributed by atoms with E-state index in [9.17, 15) is 26.3 Å².